The monoisotopic (exact) mass is 255 g/mol. The number of hydrogen-bond donors (Lipinski definition) is 0. The molecule has 1 aromatic rings. The van der Waals surface area contributed by atoms with Gasteiger partial charge in [-0.3, -0.25) is 4.79 Å². The van der Waals surface area contributed by atoms with Crippen LogP contribution in [0.2, 0.25) is 0 Å². The minimum absolute atomic E-state index is 0.0659. The van der Waals surface area contributed by atoms with Crippen LogP contribution < -0.4 is 0 Å². The number of rotatable bonds is 2. The number of ketones is 1. The van der Waals surface area contributed by atoms with Gasteiger partial charge in [0.15, 0.2) is 5.78 Å². The molecule has 0 saturated carbocycles. The van der Waals surface area contributed by atoms with E-state index in [0.29, 0.717) is 16.8 Å². The zero-order valence-electron chi connectivity index (χ0n) is 10.7. The molecule has 0 heterocycles. The van der Waals surface area contributed by atoms with E-state index in [0.717, 1.165) is 5.56 Å². The Hall–Kier alpha value is -2.49. The van der Waals surface area contributed by atoms with Gasteiger partial charge in [0.2, 0.25) is 0 Å². The quantitative estimate of drug-likeness (QED) is 0.463. The van der Waals surface area contributed by atoms with Crippen LogP contribution in [0, 0.1) is 6.92 Å². The molecule has 0 bridgehead atoms. The maximum Gasteiger partial charge on any atom is 0.365 e. The topological polar surface area (TPSA) is 55.7 Å². The van der Waals surface area contributed by atoms with Crippen molar-refractivity contribution in [2.75, 3.05) is 0 Å². The second-order valence-corrected chi connectivity index (χ2v) is 4.29. The molecule has 19 heavy (non-hydrogen) atoms. The highest BCUT2D eigenvalue weighted by Crippen LogP contribution is 2.08. The van der Waals surface area contributed by atoms with E-state index in [4.69, 9.17) is 4.84 Å². The minimum Gasteiger partial charge on any atom is -0.312 e. The summed E-state index contributed by atoms with van der Waals surface area (Å²) in [5, 5.41) is 3.72. The molecular formula is C15H13NO3. The Morgan fingerprint density at radius 2 is 1.79 bits per heavy atom. The zero-order valence-corrected chi connectivity index (χ0v) is 10.7. The number of aryl methyl sites for hydroxylation is 1. The molecule has 4 nitrogen and oxygen atoms in total. The van der Waals surface area contributed by atoms with Gasteiger partial charge >= 0.3 is 5.97 Å². The highest BCUT2D eigenvalue weighted by Gasteiger charge is 2.10. The van der Waals surface area contributed by atoms with Crippen LogP contribution in [0.5, 0.6) is 0 Å². The van der Waals surface area contributed by atoms with Gasteiger partial charge < -0.3 is 4.84 Å². The molecule has 0 aromatic heterocycles. The summed E-state index contributed by atoms with van der Waals surface area (Å²) in [4.78, 5) is 27.7. The highest BCUT2D eigenvalue weighted by molar-refractivity contribution is 6.18. The number of hydrogen-bond acceptors (Lipinski definition) is 4. The smallest absolute Gasteiger partial charge is 0.312 e. The Bertz CT molecular complexity index is 607. The van der Waals surface area contributed by atoms with E-state index in [1.54, 1.807) is 25.1 Å². The highest BCUT2D eigenvalue weighted by atomic mass is 16.7. The van der Waals surface area contributed by atoms with E-state index in [9.17, 15) is 9.59 Å². The first-order valence-corrected chi connectivity index (χ1v) is 5.83. The molecule has 2 rings (SSSR count). The van der Waals surface area contributed by atoms with Crippen LogP contribution in [0.25, 0.3) is 0 Å². The van der Waals surface area contributed by atoms with Crippen LogP contribution in [0.15, 0.2) is 53.2 Å². The summed E-state index contributed by atoms with van der Waals surface area (Å²) in [6, 6.07) is 7.01. The first-order valence-electron chi connectivity index (χ1n) is 5.83. The molecule has 0 unspecified atom stereocenters. The Kier molecular flexibility index (Phi) is 3.71. The van der Waals surface area contributed by atoms with E-state index < -0.39 is 5.97 Å². The summed E-state index contributed by atoms with van der Waals surface area (Å²) in [6.07, 6.45) is 4.48. The molecule has 0 radical (unpaired) electrons. The molecule has 0 fully saturated rings. The maximum atomic E-state index is 11.7. The molecule has 0 saturated heterocycles. The molecular weight excluding hydrogens is 242 g/mol. The molecule has 0 spiro atoms. The standard InChI is InChI=1S/C15H13NO3/c1-10-3-5-12(6-4-10)15(18)19-16-13-7-8-14(17)11(2)9-13/h3-9H,1-2H3/b16-13-. The lowest BCUT2D eigenvalue weighted by atomic mass is 10.1. The fourth-order valence-corrected chi connectivity index (χ4v) is 1.53. The van der Waals surface area contributed by atoms with Crippen molar-refractivity contribution in [1.29, 1.82) is 0 Å². The summed E-state index contributed by atoms with van der Waals surface area (Å²) in [5.41, 5.74) is 2.51. The summed E-state index contributed by atoms with van der Waals surface area (Å²) in [6.45, 7) is 3.62. The Labute approximate surface area is 111 Å². The average molecular weight is 255 g/mol. The predicted molar refractivity (Wildman–Crippen MR) is 71.9 cm³/mol. The van der Waals surface area contributed by atoms with Crippen LogP contribution in [0.3, 0.4) is 0 Å². The third-order valence-electron chi connectivity index (χ3n) is 2.68. The van der Waals surface area contributed by atoms with Crippen molar-refractivity contribution in [3.8, 4) is 0 Å². The normalized spacial score (nSPS) is 16.4. The molecule has 0 aliphatic heterocycles. The van der Waals surface area contributed by atoms with E-state index in [1.165, 1.54) is 12.2 Å². The molecule has 0 N–H and O–H groups in total. The van der Waals surface area contributed by atoms with E-state index in [2.05, 4.69) is 5.16 Å². The van der Waals surface area contributed by atoms with Gasteiger partial charge in [-0.2, -0.15) is 0 Å². The van der Waals surface area contributed by atoms with Gasteiger partial charge in [-0.25, -0.2) is 4.79 Å². The van der Waals surface area contributed by atoms with Crippen molar-refractivity contribution in [3.63, 3.8) is 0 Å². The van der Waals surface area contributed by atoms with E-state index >= 15 is 0 Å². The van der Waals surface area contributed by atoms with E-state index in [-0.39, 0.29) is 5.78 Å². The van der Waals surface area contributed by atoms with Crippen molar-refractivity contribution in [3.05, 3.63) is 59.2 Å². The van der Waals surface area contributed by atoms with Crippen molar-refractivity contribution in [2.24, 2.45) is 5.16 Å². The Balaban J connectivity index is 2.07. The van der Waals surface area contributed by atoms with Gasteiger partial charge in [-0.05, 0) is 49.8 Å². The van der Waals surface area contributed by atoms with Crippen LogP contribution >= 0.6 is 0 Å². The van der Waals surface area contributed by atoms with Gasteiger partial charge in [0.05, 0.1) is 5.56 Å². The van der Waals surface area contributed by atoms with E-state index in [1.807, 2.05) is 19.1 Å². The van der Waals surface area contributed by atoms with Crippen molar-refractivity contribution in [2.45, 2.75) is 13.8 Å². The van der Waals surface area contributed by atoms with Crippen LogP contribution in [-0.2, 0) is 9.63 Å². The number of nitrogens with zero attached hydrogens (tertiary/aromatic N) is 1. The molecule has 1 aliphatic rings. The Morgan fingerprint density at radius 3 is 2.42 bits per heavy atom. The zero-order chi connectivity index (χ0) is 13.8. The first kappa shape index (κ1) is 13.0. The van der Waals surface area contributed by atoms with Gasteiger partial charge in [0.1, 0.15) is 5.71 Å². The minimum atomic E-state index is -0.524. The van der Waals surface area contributed by atoms with Crippen LogP contribution in [0.4, 0.5) is 0 Å². The number of carbonyl (C=O) groups excluding carboxylic acids is 2. The molecule has 1 aromatic carbocycles. The predicted octanol–water partition coefficient (Wildman–Crippen LogP) is 2.59. The number of oxime groups is 1. The Morgan fingerprint density at radius 1 is 1.11 bits per heavy atom. The fraction of sp³-hybridized carbons (Fsp3) is 0.133. The van der Waals surface area contributed by atoms with Gasteiger partial charge in [0.25, 0.3) is 0 Å². The second-order valence-electron chi connectivity index (χ2n) is 4.29. The summed E-state index contributed by atoms with van der Waals surface area (Å²) < 4.78 is 0. The number of carbonyl (C=O) groups is 2. The van der Waals surface area contributed by atoms with Crippen LogP contribution in [-0.4, -0.2) is 17.5 Å². The van der Waals surface area contributed by atoms with Crippen molar-refractivity contribution in [1.82, 2.24) is 0 Å². The lowest BCUT2D eigenvalue weighted by molar-refractivity contribution is -0.111. The molecule has 4 heteroatoms. The lowest BCUT2D eigenvalue weighted by Gasteiger charge is -2.03. The average Bonchev–Trinajstić information content (AvgIpc) is 2.40. The first-order chi connectivity index (χ1) is 9.06. The summed E-state index contributed by atoms with van der Waals surface area (Å²) in [5.74, 6) is -0.590. The van der Waals surface area contributed by atoms with Gasteiger partial charge in [0, 0.05) is 0 Å². The molecule has 1 aliphatic carbocycles. The van der Waals surface area contributed by atoms with Crippen LogP contribution in [0.1, 0.15) is 22.8 Å². The fourth-order valence-electron chi connectivity index (χ4n) is 1.53. The third-order valence-corrected chi connectivity index (χ3v) is 2.68. The summed E-state index contributed by atoms with van der Waals surface area (Å²) >= 11 is 0. The van der Waals surface area contributed by atoms with Gasteiger partial charge in [-0.1, -0.05) is 22.9 Å². The third kappa shape index (κ3) is 3.25. The lowest BCUT2D eigenvalue weighted by Crippen LogP contribution is -2.07. The van der Waals surface area contributed by atoms with Crippen molar-refractivity contribution < 1.29 is 14.4 Å². The largest absolute Gasteiger partial charge is 0.365 e. The maximum absolute atomic E-state index is 11.7. The molecule has 96 valence electrons. The van der Waals surface area contributed by atoms with Crippen molar-refractivity contribution >= 4 is 17.5 Å². The SMILES string of the molecule is CC1=C/C(=N\OC(=O)c2ccc(C)cc2)C=CC1=O. The number of benzene rings is 1. The van der Waals surface area contributed by atoms with Gasteiger partial charge in [-0.15, -0.1) is 0 Å². The second kappa shape index (κ2) is 5.44. The molecule has 0 amide bonds. The summed E-state index contributed by atoms with van der Waals surface area (Å²) in [7, 11) is 0. The molecule has 0 atom stereocenters. The number of allylic oxidation sites excluding steroid dienone is 4.